The van der Waals surface area contributed by atoms with Crippen molar-refractivity contribution in [3.05, 3.63) is 23.3 Å². The number of ketones is 1. The first-order valence-corrected chi connectivity index (χ1v) is 8.63. The largest absolute Gasteiger partial charge is 0.504 e. The summed E-state index contributed by atoms with van der Waals surface area (Å²) < 4.78 is 6.17. The number of piperidine rings is 1. The zero-order valence-corrected chi connectivity index (χ0v) is 13.9. The smallest absolute Gasteiger partial charge is 0.179 e. The highest BCUT2D eigenvalue weighted by Gasteiger charge is 2.68. The molecule has 2 aliphatic heterocycles. The van der Waals surface area contributed by atoms with Crippen LogP contribution in [0.1, 0.15) is 37.8 Å². The number of ether oxygens (including phenoxy) is 1. The van der Waals surface area contributed by atoms with Gasteiger partial charge in [0, 0.05) is 22.4 Å². The Morgan fingerprint density at radius 1 is 1.35 bits per heavy atom. The number of rotatable bonds is 0. The fourth-order valence-electron chi connectivity index (χ4n) is 5.90. The van der Waals surface area contributed by atoms with Crippen molar-refractivity contribution in [2.24, 2.45) is 11.3 Å². The maximum atomic E-state index is 13.1. The lowest BCUT2D eigenvalue weighted by atomic mass is 9.48. The Hall–Kier alpha value is -1.55. The van der Waals surface area contributed by atoms with Gasteiger partial charge in [0.2, 0.25) is 0 Å². The van der Waals surface area contributed by atoms with Crippen LogP contribution in [-0.4, -0.2) is 41.5 Å². The third-order valence-electron chi connectivity index (χ3n) is 7.03. The van der Waals surface area contributed by atoms with Gasteiger partial charge in [0.1, 0.15) is 0 Å². The number of phenolic OH excluding ortho intramolecular Hbond substituents is 1. The number of phenols is 1. The van der Waals surface area contributed by atoms with Crippen molar-refractivity contribution in [1.29, 1.82) is 0 Å². The van der Waals surface area contributed by atoms with Crippen LogP contribution in [0.25, 0.3) is 0 Å². The molecule has 0 aromatic heterocycles. The van der Waals surface area contributed by atoms with E-state index < -0.39 is 6.10 Å². The molecule has 2 bridgehead atoms. The predicted molar refractivity (Wildman–Crippen MR) is 85.8 cm³/mol. The van der Waals surface area contributed by atoms with Gasteiger partial charge in [0.25, 0.3) is 0 Å². The molecule has 1 saturated heterocycles. The number of carbonyl (C=O) groups excluding carboxylic acids is 1. The predicted octanol–water partition coefficient (Wildman–Crippen LogP) is 2.27. The molecule has 1 aromatic carbocycles. The van der Waals surface area contributed by atoms with Gasteiger partial charge in [0.05, 0.1) is 0 Å². The van der Waals surface area contributed by atoms with E-state index in [2.05, 4.69) is 25.8 Å². The highest BCUT2D eigenvalue weighted by atomic mass is 16.5. The Morgan fingerprint density at radius 2 is 2.13 bits per heavy atom. The zero-order chi connectivity index (χ0) is 16.1. The molecular weight excluding hydrogens is 290 g/mol. The van der Waals surface area contributed by atoms with Crippen LogP contribution < -0.4 is 4.74 Å². The van der Waals surface area contributed by atoms with Gasteiger partial charge in [-0.1, -0.05) is 19.9 Å². The van der Waals surface area contributed by atoms with E-state index >= 15 is 0 Å². The maximum absolute atomic E-state index is 13.1. The summed E-state index contributed by atoms with van der Waals surface area (Å²) in [6, 6.07) is 4.23. The molecule has 1 N–H and O–H groups in total. The van der Waals surface area contributed by atoms with E-state index in [1.54, 1.807) is 6.07 Å². The Morgan fingerprint density at radius 3 is 2.91 bits per heavy atom. The molecule has 1 saturated carbocycles. The number of aromatic hydroxyl groups is 1. The van der Waals surface area contributed by atoms with Crippen LogP contribution in [0.15, 0.2) is 12.1 Å². The van der Waals surface area contributed by atoms with Crippen LogP contribution in [0.5, 0.6) is 11.5 Å². The van der Waals surface area contributed by atoms with Crippen LogP contribution in [0, 0.1) is 11.3 Å². The molecule has 5 rings (SSSR count). The van der Waals surface area contributed by atoms with E-state index in [-0.39, 0.29) is 22.4 Å². The van der Waals surface area contributed by atoms with Gasteiger partial charge in [-0.3, -0.25) is 4.79 Å². The Balaban J connectivity index is 1.82. The number of nitrogens with zero attached hydrogens (tertiary/aromatic N) is 1. The molecule has 4 nitrogen and oxygen atoms in total. The Kier molecular flexibility index (Phi) is 2.36. The number of hydrogen-bond donors (Lipinski definition) is 1. The first kappa shape index (κ1) is 13.8. The molecule has 1 aromatic rings. The topological polar surface area (TPSA) is 49.8 Å². The number of Topliss-reactive ketones (excluding diaryl/α,β-unsaturated/α-hetero) is 1. The molecule has 23 heavy (non-hydrogen) atoms. The third-order valence-corrected chi connectivity index (χ3v) is 7.03. The average molecular weight is 313 g/mol. The van der Waals surface area contributed by atoms with E-state index in [0.717, 1.165) is 31.4 Å². The fourth-order valence-corrected chi connectivity index (χ4v) is 5.90. The molecule has 122 valence electrons. The van der Waals surface area contributed by atoms with Crippen LogP contribution in [0.3, 0.4) is 0 Å². The van der Waals surface area contributed by atoms with Crippen LogP contribution in [0.2, 0.25) is 0 Å². The molecule has 4 heteroatoms. The zero-order valence-electron chi connectivity index (χ0n) is 13.9. The van der Waals surface area contributed by atoms with Crippen molar-refractivity contribution >= 4 is 5.78 Å². The number of likely N-dealkylation sites (tertiary alicyclic amines) is 1. The summed E-state index contributed by atoms with van der Waals surface area (Å²) in [6.07, 6.45) is 2.43. The third kappa shape index (κ3) is 1.40. The minimum atomic E-state index is -0.421. The Bertz CT molecular complexity index is 740. The molecule has 4 atom stereocenters. The van der Waals surface area contributed by atoms with Crippen LogP contribution >= 0.6 is 0 Å². The normalized spacial score (nSPS) is 39.8. The van der Waals surface area contributed by atoms with Crippen molar-refractivity contribution in [3.8, 4) is 11.5 Å². The molecule has 0 amide bonds. The summed E-state index contributed by atoms with van der Waals surface area (Å²) in [5, 5.41) is 10.3. The van der Waals surface area contributed by atoms with Gasteiger partial charge in [-0.15, -0.1) is 0 Å². The van der Waals surface area contributed by atoms with Gasteiger partial charge in [-0.2, -0.15) is 0 Å². The highest BCUT2D eigenvalue weighted by Crippen LogP contribution is 2.65. The van der Waals surface area contributed by atoms with Crippen molar-refractivity contribution in [3.63, 3.8) is 0 Å². The van der Waals surface area contributed by atoms with Crippen LogP contribution in [0.4, 0.5) is 0 Å². The SMILES string of the molecule is CN1CC[C@]23c4c5ccc(O)c4O[C@H]2C(=O)C(C)(C)CC3[C@H]1C5. The van der Waals surface area contributed by atoms with Gasteiger partial charge in [-0.25, -0.2) is 0 Å². The molecule has 2 fully saturated rings. The van der Waals surface area contributed by atoms with E-state index in [1.807, 2.05) is 6.07 Å². The molecule has 2 heterocycles. The molecule has 0 radical (unpaired) electrons. The van der Waals surface area contributed by atoms with E-state index in [9.17, 15) is 9.90 Å². The second kappa shape index (κ2) is 3.92. The summed E-state index contributed by atoms with van der Waals surface area (Å²) >= 11 is 0. The Labute approximate surface area is 136 Å². The van der Waals surface area contributed by atoms with Crippen molar-refractivity contribution in [2.45, 2.75) is 50.7 Å². The van der Waals surface area contributed by atoms with Gasteiger partial charge < -0.3 is 14.7 Å². The number of carbonyl (C=O) groups is 1. The lowest BCUT2D eigenvalue weighted by molar-refractivity contribution is -0.152. The summed E-state index contributed by atoms with van der Waals surface area (Å²) in [5.74, 6) is 1.41. The van der Waals surface area contributed by atoms with Gasteiger partial charge in [0.15, 0.2) is 23.4 Å². The maximum Gasteiger partial charge on any atom is 0.179 e. The highest BCUT2D eigenvalue weighted by molar-refractivity contribution is 5.93. The molecule has 4 aliphatic rings. The lowest BCUT2D eigenvalue weighted by Crippen LogP contribution is -2.68. The van der Waals surface area contributed by atoms with Gasteiger partial charge in [-0.05, 0) is 50.4 Å². The monoisotopic (exact) mass is 313 g/mol. The second-order valence-corrected chi connectivity index (χ2v) is 8.55. The first-order chi connectivity index (χ1) is 10.9. The minimum absolute atomic E-state index is 0.189. The second-order valence-electron chi connectivity index (χ2n) is 8.55. The van der Waals surface area contributed by atoms with E-state index in [0.29, 0.717) is 17.7 Å². The minimum Gasteiger partial charge on any atom is -0.504 e. The standard InChI is InChI=1S/C19H23NO3/c1-18(2)9-11-12-8-10-4-5-13(21)15-14(10)19(11,6-7-20(12)3)17(23-15)16(18)22/h4-5,11-12,17,21H,6-9H2,1-3H3/t11?,12-,17+,19+/m1/s1. The van der Waals surface area contributed by atoms with Crippen molar-refractivity contribution in [2.75, 3.05) is 13.6 Å². The van der Waals surface area contributed by atoms with Crippen molar-refractivity contribution < 1.29 is 14.6 Å². The van der Waals surface area contributed by atoms with Gasteiger partial charge >= 0.3 is 0 Å². The number of likely N-dealkylation sites (N-methyl/N-ethyl adjacent to an activating group) is 1. The molecule has 1 unspecified atom stereocenters. The van der Waals surface area contributed by atoms with E-state index in [4.69, 9.17) is 4.74 Å². The quantitative estimate of drug-likeness (QED) is 0.798. The summed E-state index contributed by atoms with van der Waals surface area (Å²) in [7, 11) is 2.21. The molecular formula is C19H23NO3. The van der Waals surface area contributed by atoms with E-state index in [1.165, 1.54) is 5.56 Å². The average Bonchev–Trinajstić information content (AvgIpc) is 2.84. The molecule has 1 spiro atoms. The lowest BCUT2D eigenvalue weighted by Gasteiger charge is -2.59. The number of hydrogen-bond acceptors (Lipinski definition) is 4. The summed E-state index contributed by atoms with van der Waals surface area (Å²) in [6.45, 7) is 5.10. The van der Waals surface area contributed by atoms with Crippen molar-refractivity contribution in [1.82, 2.24) is 4.90 Å². The number of benzene rings is 1. The fraction of sp³-hybridized carbons (Fsp3) is 0.632. The summed E-state index contributed by atoms with van der Waals surface area (Å²) in [4.78, 5) is 15.6. The first-order valence-electron chi connectivity index (χ1n) is 8.63. The summed E-state index contributed by atoms with van der Waals surface area (Å²) in [5.41, 5.74) is 1.84. The molecule has 2 aliphatic carbocycles. The van der Waals surface area contributed by atoms with Crippen LogP contribution in [-0.2, 0) is 16.6 Å².